The highest BCUT2D eigenvalue weighted by molar-refractivity contribution is 5.75. The van der Waals surface area contributed by atoms with E-state index in [0.717, 1.165) is 57.3 Å². The first kappa shape index (κ1) is 20.2. The van der Waals surface area contributed by atoms with E-state index < -0.39 is 11.9 Å². The van der Waals surface area contributed by atoms with Gasteiger partial charge in [0.2, 0.25) is 0 Å². The summed E-state index contributed by atoms with van der Waals surface area (Å²) in [5, 5.41) is 12.9. The smallest absolute Gasteiger partial charge is 0.311 e. The molecule has 0 radical (unpaired) electrons. The molecule has 6 nitrogen and oxygen atoms in total. The van der Waals surface area contributed by atoms with E-state index in [4.69, 9.17) is 4.98 Å². The van der Waals surface area contributed by atoms with Crippen LogP contribution in [0.25, 0.3) is 0 Å². The quantitative estimate of drug-likeness (QED) is 0.593. The summed E-state index contributed by atoms with van der Waals surface area (Å²) in [4.78, 5) is 24.1. The molecule has 0 unspecified atom stereocenters. The van der Waals surface area contributed by atoms with Crippen LogP contribution in [0, 0.1) is 0 Å². The fraction of sp³-hybridized carbons (Fsp3) is 0.545. The van der Waals surface area contributed by atoms with Gasteiger partial charge in [0.05, 0.1) is 5.92 Å². The highest BCUT2D eigenvalue weighted by atomic mass is 16.4. The van der Waals surface area contributed by atoms with Crippen molar-refractivity contribution in [2.75, 3.05) is 11.9 Å². The molecule has 150 valence electrons. The second-order valence-corrected chi connectivity index (χ2v) is 7.56. The number of carboxylic acid groups (broad SMARTS) is 1. The molecule has 3 heterocycles. The van der Waals surface area contributed by atoms with Gasteiger partial charge < -0.3 is 10.4 Å². The Bertz CT molecular complexity index is 751. The molecular formula is C22H30N4O2. The van der Waals surface area contributed by atoms with Crippen LogP contribution in [0.5, 0.6) is 0 Å². The van der Waals surface area contributed by atoms with E-state index in [1.165, 1.54) is 30.4 Å². The highest BCUT2D eigenvalue weighted by Gasteiger charge is 2.19. The van der Waals surface area contributed by atoms with Gasteiger partial charge in [-0.25, -0.2) is 15.0 Å². The third kappa shape index (κ3) is 6.01. The minimum absolute atomic E-state index is 0.502. The van der Waals surface area contributed by atoms with Crippen molar-refractivity contribution in [3.05, 3.63) is 47.7 Å². The molecular weight excluding hydrogens is 352 g/mol. The van der Waals surface area contributed by atoms with Crippen LogP contribution < -0.4 is 5.32 Å². The van der Waals surface area contributed by atoms with Crippen molar-refractivity contribution in [2.24, 2.45) is 0 Å². The molecule has 0 bridgehead atoms. The number of aryl methyl sites for hydroxylation is 2. The van der Waals surface area contributed by atoms with Crippen LogP contribution in [0.15, 0.2) is 30.9 Å². The van der Waals surface area contributed by atoms with Gasteiger partial charge in [-0.15, -0.1) is 0 Å². The Labute approximate surface area is 166 Å². The molecule has 0 aromatic carbocycles. The Kier molecular flexibility index (Phi) is 7.76. The van der Waals surface area contributed by atoms with Crippen molar-refractivity contribution in [2.45, 2.75) is 70.1 Å². The summed E-state index contributed by atoms with van der Waals surface area (Å²) < 4.78 is 0. The van der Waals surface area contributed by atoms with Gasteiger partial charge in [-0.1, -0.05) is 31.7 Å². The number of nitrogens with zero attached hydrogens (tertiary/aromatic N) is 3. The average Bonchev–Trinajstić information content (AvgIpc) is 2.95. The summed E-state index contributed by atoms with van der Waals surface area (Å²) >= 11 is 0. The molecule has 3 rings (SSSR count). The maximum atomic E-state index is 11.5. The van der Waals surface area contributed by atoms with Crippen LogP contribution >= 0.6 is 0 Å². The molecule has 0 fully saturated rings. The number of aliphatic carboxylic acids is 1. The van der Waals surface area contributed by atoms with E-state index in [9.17, 15) is 9.90 Å². The van der Waals surface area contributed by atoms with E-state index in [0.29, 0.717) is 12.0 Å². The zero-order chi connectivity index (χ0) is 19.6. The first-order valence-electron chi connectivity index (χ1n) is 10.4. The molecule has 2 aromatic rings. The van der Waals surface area contributed by atoms with Crippen molar-refractivity contribution in [1.29, 1.82) is 0 Å². The normalized spacial score (nSPS) is 14.6. The summed E-state index contributed by atoms with van der Waals surface area (Å²) in [6, 6.07) is 4.40. The number of rotatable bonds is 10. The topological polar surface area (TPSA) is 88.0 Å². The lowest BCUT2D eigenvalue weighted by Crippen LogP contribution is -2.12. The lowest BCUT2D eigenvalue weighted by atomic mass is 9.95. The van der Waals surface area contributed by atoms with Crippen LogP contribution in [0.3, 0.4) is 0 Å². The summed E-state index contributed by atoms with van der Waals surface area (Å²) in [5.41, 5.74) is 3.21. The Hall–Kier alpha value is -2.50. The number of anilines is 1. The van der Waals surface area contributed by atoms with Crippen LogP contribution in [-0.2, 0) is 17.6 Å². The number of pyridine rings is 1. The van der Waals surface area contributed by atoms with Gasteiger partial charge in [0.25, 0.3) is 0 Å². The zero-order valence-corrected chi connectivity index (χ0v) is 16.4. The predicted molar refractivity (Wildman–Crippen MR) is 109 cm³/mol. The molecule has 1 aliphatic heterocycles. The van der Waals surface area contributed by atoms with E-state index in [-0.39, 0.29) is 0 Å². The van der Waals surface area contributed by atoms with Crippen molar-refractivity contribution in [3.8, 4) is 0 Å². The van der Waals surface area contributed by atoms with Gasteiger partial charge in [0, 0.05) is 30.2 Å². The SMILES string of the molecule is O=C(O)[C@H](CCCCCCCc1ccc2c(n1)NCCCC2)c1cncnc1. The molecule has 2 N–H and O–H groups in total. The number of unbranched alkanes of at least 4 members (excludes halogenated alkanes) is 4. The summed E-state index contributed by atoms with van der Waals surface area (Å²) in [5.74, 6) is -0.213. The number of hydrogen-bond donors (Lipinski definition) is 2. The Morgan fingerprint density at radius 1 is 1.07 bits per heavy atom. The largest absolute Gasteiger partial charge is 0.481 e. The molecule has 1 aliphatic rings. The molecule has 0 spiro atoms. The second kappa shape index (κ2) is 10.7. The lowest BCUT2D eigenvalue weighted by molar-refractivity contribution is -0.139. The van der Waals surface area contributed by atoms with Crippen LogP contribution in [0.2, 0.25) is 0 Å². The van der Waals surface area contributed by atoms with Crippen LogP contribution in [0.4, 0.5) is 5.82 Å². The average molecular weight is 383 g/mol. The van der Waals surface area contributed by atoms with E-state index >= 15 is 0 Å². The second-order valence-electron chi connectivity index (χ2n) is 7.56. The maximum absolute atomic E-state index is 11.5. The van der Waals surface area contributed by atoms with Gasteiger partial charge in [-0.3, -0.25) is 4.79 Å². The molecule has 0 aliphatic carbocycles. The van der Waals surface area contributed by atoms with Crippen molar-refractivity contribution in [1.82, 2.24) is 15.0 Å². The summed E-state index contributed by atoms with van der Waals surface area (Å²) in [7, 11) is 0. The Morgan fingerprint density at radius 2 is 1.86 bits per heavy atom. The van der Waals surface area contributed by atoms with Crippen LogP contribution in [-0.4, -0.2) is 32.6 Å². The maximum Gasteiger partial charge on any atom is 0.311 e. The molecule has 1 atom stereocenters. The number of carbonyl (C=O) groups is 1. The van der Waals surface area contributed by atoms with E-state index in [1.807, 2.05) is 0 Å². The van der Waals surface area contributed by atoms with Gasteiger partial charge in [-0.2, -0.15) is 0 Å². The first-order valence-corrected chi connectivity index (χ1v) is 10.4. The van der Waals surface area contributed by atoms with Crippen molar-refractivity contribution in [3.63, 3.8) is 0 Å². The Morgan fingerprint density at radius 3 is 2.68 bits per heavy atom. The van der Waals surface area contributed by atoms with Gasteiger partial charge in [-0.05, 0) is 50.2 Å². The molecule has 2 aromatic heterocycles. The number of nitrogens with one attached hydrogen (secondary N) is 1. The molecule has 0 amide bonds. The fourth-order valence-electron chi connectivity index (χ4n) is 3.78. The van der Waals surface area contributed by atoms with Gasteiger partial charge in [0.1, 0.15) is 12.1 Å². The number of aromatic nitrogens is 3. The van der Waals surface area contributed by atoms with E-state index in [1.54, 1.807) is 12.4 Å². The third-order valence-electron chi connectivity index (χ3n) is 5.41. The van der Waals surface area contributed by atoms with Crippen molar-refractivity contribution >= 4 is 11.8 Å². The fourth-order valence-corrected chi connectivity index (χ4v) is 3.78. The number of hydrogen-bond acceptors (Lipinski definition) is 5. The lowest BCUT2D eigenvalue weighted by Gasteiger charge is -2.11. The minimum atomic E-state index is -0.794. The van der Waals surface area contributed by atoms with Gasteiger partial charge >= 0.3 is 5.97 Å². The molecule has 6 heteroatoms. The molecule has 28 heavy (non-hydrogen) atoms. The summed E-state index contributed by atoms with van der Waals surface area (Å²) in [6.45, 7) is 1.02. The van der Waals surface area contributed by atoms with Crippen LogP contribution in [0.1, 0.15) is 74.1 Å². The van der Waals surface area contributed by atoms with Crippen molar-refractivity contribution < 1.29 is 9.90 Å². The standard InChI is InChI=1S/C22H30N4O2/c27-22(28)20(18-14-23-16-24-15-18)10-5-3-1-2-4-9-19-12-11-17-8-6-7-13-25-21(17)26-19/h11-12,14-16,20H,1-10,13H2,(H,25,26)(H,27,28)/t20-/m1/s1. The zero-order valence-electron chi connectivity index (χ0n) is 16.4. The predicted octanol–water partition coefficient (Wildman–Crippen LogP) is 4.37. The first-order chi connectivity index (χ1) is 13.7. The molecule has 0 saturated heterocycles. The monoisotopic (exact) mass is 382 g/mol. The number of fused-ring (bicyclic) bond motifs is 1. The Balaban J connectivity index is 1.34. The minimum Gasteiger partial charge on any atom is -0.481 e. The van der Waals surface area contributed by atoms with E-state index in [2.05, 4.69) is 27.4 Å². The third-order valence-corrected chi connectivity index (χ3v) is 5.41. The summed E-state index contributed by atoms with van der Waals surface area (Å²) in [6.07, 6.45) is 15.2. The molecule has 0 saturated carbocycles. The number of carboxylic acids is 1. The highest BCUT2D eigenvalue weighted by Crippen LogP contribution is 2.23. The van der Waals surface area contributed by atoms with Gasteiger partial charge in [0.15, 0.2) is 0 Å².